The highest BCUT2D eigenvalue weighted by atomic mass is 35.5. The van der Waals surface area contributed by atoms with E-state index in [0.29, 0.717) is 11.3 Å². The lowest BCUT2D eigenvalue weighted by Gasteiger charge is -2.18. The largest absolute Gasteiger partial charge is 0.481 e. The van der Waals surface area contributed by atoms with Crippen LogP contribution in [0.15, 0.2) is 12.1 Å². The third kappa shape index (κ3) is 2.73. The molecule has 1 saturated carbocycles. The molecule has 2 heterocycles. The van der Waals surface area contributed by atoms with Gasteiger partial charge in [-0.1, -0.05) is 13.3 Å². The monoisotopic (exact) mass is 307 g/mol. The Morgan fingerprint density at radius 3 is 2.71 bits per heavy atom. The second-order valence-corrected chi connectivity index (χ2v) is 6.77. The maximum absolute atomic E-state index is 6.34. The number of nitrogens with zero attached hydrogens (tertiary/aromatic N) is 3. The Morgan fingerprint density at radius 1 is 1.38 bits per heavy atom. The molecular formula is C16H22ClN3O. The summed E-state index contributed by atoms with van der Waals surface area (Å²) in [5.74, 6) is 1.53. The number of halogens is 1. The zero-order chi connectivity index (χ0) is 15.0. The highest BCUT2D eigenvalue weighted by Crippen LogP contribution is 2.51. The van der Waals surface area contributed by atoms with Gasteiger partial charge >= 0.3 is 0 Å². The average Bonchev–Trinajstić information content (AvgIpc) is 3.13. The van der Waals surface area contributed by atoms with E-state index in [-0.39, 0.29) is 5.38 Å². The first-order valence-corrected chi connectivity index (χ1v) is 8.07. The molecule has 0 N–H and O–H groups in total. The molecule has 3 rings (SSSR count). The van der Waals surface area contributed by atoms with Crippen molar-refractivity contribution < 1.29 is 4.74 Å². The van der Waals surface area contributed by atoms with Gasteiger partial charge in [-0.25, -0.2) is 4.98 Å². The van der Waals surface area contributed by atoms with Crippen molar-refractivity contribution in [2.24, 2.45) is 5.41 Å². The molecule has 0 amide bonds. The summed E-state index contributed by atoms with van der Waals surface area (Å²) in [7, 11) is 1.64. The molecule has 1 atom stereocenters. The van der Waals surface area contributed by atoms with Crippen LogP contribution in [0.4, 0.5) is 0 Å². The fourth-order valence-electron chi connectivity index (χ4n) is 3.10. The Kier molecular flexibility index (Phi) is 3.82. The molecule has 1 fully saturated rings. The van der Waals surface area contributed by atoms with Crippen LogP contribution < -0.4 is 4.74 Å². The maximum atomic E-state index is 6.34. The third-order valence-electron chi connectivity index (χ3n) is 4.39. The van der Waals surface area contributed by atoms with Crippen LogP contribution in [0.5, 0.6) is 5.88 Å². The second-order valence-electron chi connectivity index (χ2n) is 6.12. The molecule has 21 heavy (non-hydrogen) atoms. The minimum absolute atomic E-state index is 0.123. The molecule has 1 unspecified atom stereocenters. The van der Waals surface area contributed by atoms with Crippen molar-refractivity contribution in [3.05, 3.63) is 18.0 Å². The van der Waals surface area contributed by atoms with Gasteiger partial charge in [-0.2, -0.15) is 4.98 Å². The van der Waals surface area contributed by atoms with Crippen LogP contribution in [-0.2, 0) is 6.54 Å². The summed E-state index contributed by atoms with van der Waals surface area (Å²) in [6, 6.07) is 3.81. The molecule has 4 nitrogen and oxygen atoms in total. The predicted molar refractivity (Wildman–Crippen MR) is 84.9 cm³/mol. The fraction of sp³-hybridized carbons (Fsp3) is 0.625. The lowest BCUT2D eigenvalue weighted by atomic mass is 10.0. The molecule has 5 heteroatoms. The Hall–Kier alpha value is -1.29. The van der Waals surface area contributed by atoms with Crippen molar-refractivity contribution in [3.63, 3.8) is 0 Å². The van der Waals surface area contributed by atoms with Crippen LogP contribution in [0.2, 0.25) is 0 Å². The quantitative estimate of drug-likeness (QED) is 0.746. The molecule has 1 aliphatic carbocycles. The SMILES string of the molecule is CCCC1(Cn2c(C(C)Cl)nc3ccc(OC)nc32)CC1. The zero-order valence-electron chi connectivity index (χ0n) is 12.9. The van der Waals surface area contributed by atoms with Crippen LogP contribution in [0.25, 0.3) is 11.2 Å². The molecule has 114 valence electrons. The maximum Gasteiger partial charge on any atom is 0.215 e. The number of hydrogen-bond donors (Lipinski definition) is 0. The van der Waals surface area contributed by atoms with Gasteiger partial charge in [0.05, 0.1) is 12.5 Å². The number of imidazole rings is 1. The van der Waals surface area contributed by atoms with Crippen molar-refractivity contribution in [1.82, 2.24) is 14.5 Å². The van der Waals surface area contributed by atoms with Gasteiger partial charge in [0, 0.05) is 12.6 Å². The normalized spacial score (nSPS) is 17.9. The van der Waals surface area contributed by atoms with Crippen molar-refractivity contribution in [1.29, 1.82) is 0 Å². The minimum atomic E-state index is -0.123. The number of methoxy groups -OCH3 is 1. The summed E-state index contributed by atoms with van der Waals surface area (Å²) in [6.45, 7) is 5.18. The minimum Gasteiger partial charge on any atom is -0.481 e. The number of fused-ring (bicyclic) bond motifs is 1. The third-order valence-corrected chi connectivity index (χ3v) is 4.59. The first-order valence-electron chi connectivity index (χ1n) is 7.64. The van der Waals surface area contributed by atoms with Crippen molar-refractivity contribution >= 4 is 22.8 Å². The number of rotatable bonds is 6. The Labute approximate surface area is 130 Å². The van der Waals surface area contributed by atoms with E-state index >= 15 is 0 Å². The molecular weight excluding hydrogens is 286 g/mol. The van der Waals surface area contributed by atoms with Crippen molar-refractivity contribution in [2.45, 2.75) is 51.5 Å². The topological polar surface area (TPSA) is 39.9 Å². The summed E-state index contributed by atoms with van der Waals surface area (Å²) in [5, 5.41) is -0.123. The number of pyridine rings is 1. The summed E-state index contributed by atoms with van der Waals surface area (Å²) in [4.78, 5) is 9.26. The van der Waals surface area contributed by atoms with Crippen LogP contribution in [0.3, 0.4) is 0 Å². The van der Waals surface area contributed by atoms with E-state index in [0.717, 1.165) is 23.5 Å². The smallest absolute Gasteiger partial charge is 0.215 e. The molecule has 0 saturated heterocycles. The van der Waals surface area contributed by atoms with E-state index in [1.54, 1.807) is 7.11 Å². The lowest BCUT2D eigenvalue weighted by molar-refractivity contribution is 0.381. The first kappa shape index (κ1) is 14.6. The summed E-state index contributed by atoms with van der Waals surface area (Å²) in [5.41, 5.74) is 2.21. The predicted octanol–water partition coefficient (Wildman–Crippen LogP) is 4.32. The zero-order valence-corrected chi connectivity index (χ0v) is 13.7. The van der Waals surface area contributed by atoms with E-state index in [1.165, 1.54) is 25.7 Å². The summed E-state index contributed by atoms with van der Waals surface area (Å²) >= 11 is 6.34. The second kappa shape index (κ2) is 5.48. The molecule has 0 bridgehead atoms. The van der Waals surface area contributed by atoms with Gasteiger partial charge in [-0.05, 0) is 37.7 Å². The van der Waals surface area contributed by atoms with E-state index in [2.05, 4.69) is 21.5 Å². The van der Waals surface area contributed by atoms with Gasteiger partial charge in [-0.15, -0.1) is 11.6 Å². The molecule has 2 aromatic rings. The standard InChI is InChI=1S/C16H22ClN3O/c1-4-7-16(8-9-16)10-20-14(11(2)17)18-12-5-6-13(21-3)19-15(12)20/h5-6,11H,4,7-10H2,1-3H3. The van der Waals surface area contributed by atoms with Gasteiger partial charge < -0.3 is 9.30 Å². The Morgan fingerprint density at radius 2 is 2.14 bits per heavy atom. The molecule has 0 radical (unpaired) electrons. The van der Waals surface area contributed by atoms with E-state index < -0.39 is 0 Å². The van der Waals surface area contributed by atoms with Gasteiger partial charge in [-0.3, -0.25) is 0 Å². The van der Waals surface area contributed by atoms with Crippen LogP contribution in [0.1, 0.15) is 50.7 Å². The van der Waals surface area contributed by atoms with Crippen LogP contribution in [0, 0.1) is 5.41 Å². The highest BCUT2D eigenvalue weighted by Gasteiger charge is 2.42. The van der Waals surface area contributed by atoms with Crippen molar-refractivity contribution in [3.8, 4) is 5.88 Å². The van der Waals surface area contributed by atoms with Crippen LogP contribution >= 0.6 is 11.6 Å². The van der Waals surface area contributed by atoms with Crippen LogP contribution in [-0.4, -0.2) is 21.6 Å². The highest BCUT2D eigenvalue weighted by molar-refractivity contribution is 6.20. The van der Waals surface area contributed by atoms with E-state index in [9.17, 15) is 0 Å². The number of ether oxygens (including phenoxy) is 1. The van der Waals surface area contributed by atoms with Gasteiger partial charge in [0.15, 0.2) is 5.65 Å². The number of hydrogen-bond acceptors (Lipinski definition) is 3. The van der Waals surface area contributed by atoms with Gasteiger partial charge in [0.1, 0.15) is 11.3 Å². The average molecular weight is 308 g/mol. The summed E-state index contributed by atoms with van der Waals surface area (Å²) in [6.07, 6.45) is 5.06. The number of aromatic nitrogens is 3. The summed E-state index contributed by atoms with van der Waals surface area (Å²) < 4.78 is 7.46. The number of alkyl halides is 1. The molecule has 1 aliphatic rings. The molecule has 0 aliphatic heterocycles. The molecule has 2 aromatic heterocycles. The van der Waals surface area contributed by atoms with Gasteiger partial charge in [0.25, 0.3) is 0 Å². The first-order chi connectivity index (χ1) is 10.1. The molecule has 0 aromatic carbocycles. The van der Waals surface area contributed by atoms with Crippen molar-refractivity contribution in [2.75, 3.05) is 7.11 Å². The van der Waals surface area contributed by atoms with E-state index in [1.807, 2.05) is 19.1 Å². The Bertz CT molecular complexity index is 646. The Balaban J connectivity index is 2.06. The fourth-order valence-corrected chi connectivity index (χ4v) is 3.27. The van der Waals surface area contributed by atoms with Gasteiger partial charge in [0.2, 0.25) is 5.88 Å². The van der Waals surface area contributed by atoms with E-state index in [4.69, 9.17) is 16.3 Å². The lowest BCUT2D eigenvalue weighted by Crippen LogP contribution is -2.15. The molecule has 0 spiro atoms.